The lowest BCUT2D eigenvalue weighted by Gasteiger charge is -2.03. The summed E-state index contributed by atoms with van der Waals surface area (Å²) in [5.74, 6) is 0.455. The number of hydrogen-bond donors (Lipinski definition) is 2. The Labute approximate surface area is 140 Å². The van der Waals surface area contributed by atoms with Gasteiger partial charge in [0.2, 0.25) is 5.91 Å². The van der Waals surface area contributed by atoms with Crippen LogP contribution >= 0.6 is 0 Å². The monoisotopic (exact) mass is 324 g/mol. The van der Waals surface area contributed by atoms with Crippen molar-refractivity contribution in [2.24, 2.45) is 7.05 Å². The Kier molecular flexibility index (Phi) is 4.41. The first-order chi connectivity index (χ1) is 11.5. The number of aromatic amines is 1. The van der Waals surface area contributed by atoms with Crippen LogP contribution in [-0.4, -0.2) is 30.9 Å². The summed E-state index contributed by atoms with van der Waals surface area (Å²) in [4.78, 5) is 16.1. The molecule has 7 nitrogen and oxygen atoms in total. The Balaban J connectivity index is 1.60. The number of anilines is 1. The van der Waals surface area contributed by atoms with E-state index in [2.05, 4.69) is 25.6 Å². The van der Waals surface area contributed by atoms with Crippen LogP contribution in [0, 0.1) is 13.8 Å². The molecule has 3 heterocycles. The maximum Gasteiger partial charge on any atom is 0.225 e. The molecule has 3 aromatic rings. The zero-order chi connectivity index (χ0) is 17.1. The van der Waals surface area contributed by atoms with Gasteiger partial charge in [0.15, 0.2) is 5.82 Å². The third-order valence-corrected chi connectivity index (χ3v) is 4.10. The Bertz CT molecular complexity index is 849. The number of aryl methyl sites for hydroxylation is 2. The first kappa shape index (κ1) is 15.9. The van der Waals surface area contributed by atoms with Gasteiger partial charge in [-0.1, -0.05) is 0 Å². The summed E-state index contributed by atoms with van der Waals surface area (Å²) in [6, 6.07) is 5.58. The topological polar surface area (TPSA) is 88.5 Å². The quantitative estimate of drug-likeness (QED) is 0.754. The molecule has 0 aliphatic rings. The van der Waals surface area contributed by atoms with Gasteiger partial charge in [0.05, 0.1) is 11.4 Å². The third kappa shape index (κ3) is 3.34. The molecule has 0 aromatic carbocycles. The van der Waals surface area contributed by atoms with Crippen LogP contribution < -0.4 is 5.32 Å². The molecule has 0 atom stereocenters. The van der Waals surface area contributed by atoms with Gasteiger partial charge in [-0.05, 0) is 38.0 Å². The number of rotatable bonds is 5. The summed E-state index contributed by atoms with van der Waals surface area (Å²) in [7, 11) is 1.91. The SMILES string of the molecule is Cc1nn(C)c(C)c1CCC(=O)Nc1cc(-c2ccncc2)[nH]n1. The van der Waals surface area contributed by atoms with Gasteiger partial charge in [0.1, 0.15) is 0 Å². The van der Waals surface area contributed by atoms with Gasteiger partial charge >= 0.3 is 0 Å². The van der Waals surface area contributed by atoms with Crippen LogP contribution in [0.4, 0.5) is 5.82 Å². The molecule has 0 radical (unpaired) electrons. The van der Waals surface area contributed by atoms with Crippen LogP contribution in [0.25, 0.3) is 11.3 Å². The molecule has 0 saturated carbocycles. The van der Waals surface area contributed by atoms with Crippen LogP contribution in [0.3, 0.4) is 0 Å². The zero-order valence-corrected chi connectivity index (χ0v) is 14.0. The Morgan fingerprint density at radius 1 is 1.29 bits per heavy atom. The van der Waals surface area contributed by atoms with E-state index < -0.39 is 0 Å². The van der Waals surface area contributed by atoms with Crippen molar-refractivity contribution in [2.75, 3.05) is 5.32 Å². The number of hydrogen-bond acceptors (Lipinski definition) is 4. The van der Waals surface area contributed by atoms with Crippen molar-refractivity contribution in [1.82, 2.24) is 25.0 Å². The molecule has 3 aromatic heterocycles. The van der Waals surface area contributed by atoms with E-state index in [1.807, 2.05) is 43.8 Å². The van der Waals surface area contributed by atoms with E-state index in [9.17, 15) is 4.79 Å². The predicted molar refractivity (Wildman–Crippen MR) is 91.5 cm³/mol. The molecular formula is C17H20N6O. The number of nitrogens with zero attached hydrogens (tertiary/aromatic N) is 4. The van der Waals surface area contributed by atoms with Gasteiger partial charge in [-0.2, -0.15) is 10.2 Å². The van der Waals surface area contributed by atoms with Crippen LogP contribution in [0.15, 0.2) is 30.6 Å². The van der Waals surface area contributed by atoms with E-state index in [0.29, 0.717) is 18.7 Å². The fraction of sp³-hybridized carbons (Fsp3) is 0.294. The van der Waals surface area contributed by atoms with E-state index in [1.165, 1.54) is 0 Å². The molecule has 124 valence electrons. The highest BCUT2D eigenvalue weighted by molar-refractivity contribution is 5.90. The number of pyridine rings is 1. The molecule has 2 N–H and O–H groups in total. The van der Waals surface area contributed by atoms with Crippen molar-refractivity contribution in [3.63, 3.8) is 0 Å². The number of carbonyl (C=O) groups is 1. The molecule has 0 aliphatic carbocycles. The van der Waals surface area contributed by atoms with Gasteiger partial charge in [-0.3, -0.25) is 19.6 Å². The fourth-order valence-corrected chi connectivity index (χ4v) is 2.69. The Morgan fingerprint density at radius 2 is 2.04 bits per heavy atom. The molecule has 0 fully saturated rings. The zero-order valence-electron chi connectivity index (χ0n) is 14.0. The second-order valence-electron chi connectivity index (χ2n) is 5.72. The molecular weight excluding hydrogens is 304 g/mol. The average Bonchev–Trinajstić information content (AvgIpc) is 3.12. The number of aromatic nitrogens is 5. The van der Waals surface area contributed by atoms with Crippen molar-refractivity contribution in [1.29, 1.82) is 0 Å². The number of amides is 1. The van der Waals surface area contributed by atoms with E-state index in [-0.39, 0.29) is 5.91 Å². The molecule has 7 heteroatoms. The molecule has 3 rings (SSSR count). The maximum absolute atomic E-state index is 12.2. The van der Waals surface area contributed by atoms with Gasteiger partial charge in [-0.15, -0.1) is 0 Å². The summed E-state index contributed by atoms with van der Waals surface area (Å²) < 4.78 is 1.84. The lowest BCUT2D eigenvalue weighted by atomic mass is 10.1. The largest absolute Gasteiger partial charge is 0.309 e. The number of H-pyrrole nitrogens is 1. The smallest absolute Gasteiger partial charge is 0.225 e. The van der Waals surface area contributed by atoms with Gasteiger partial charge in [0.25, 0.3) is 0 Å². The summed E-state index contributed by atoms with van der Waals surface area (Å²) in [5.41, 5.74) is 5.01. The summed E-state index contributed by atoms with van der Waals surface area (Å²) in [5, 5.41) is 14.2. The molecule has 0 aliphatic heterocycles. The molecule has 0 unspecified atom stereocenters. The lowest BCUT2D eigenvalue weighted by Crippen LogP contribution is -2.13. The lowest BCUT2D eigenvalue weighted by molar-refractivity contribution is -0.116. The third-order valence-electron chi connectivity index (χ3n) is 4.10. The fourth-order valence-electron chi connectivity index (χ4n) is 2.69. The van der Waals surface area contributed by atoms with Crippen LogP contribution in [-0.2, 0) is 18.3 Å². The van der Waals surface area contributed by atoms with Crippen molar-refractivity contribution in [3.8, 4) is 11.3 Å². The summed E-state index contributed by atoms with van der Waals surface area (Å²) in [6.45, 7) is 3.98. The molecule has 24 heavy (non-hydrogen) atoms. The van der Waals surface area contributed by atoms with E-state index >= 15 is 0 Å². The minimum absolute atomic E-state index is 0.0644. The van der Waals surface area contributed by atoms with E-state index in [4.69, 9.17) is 0 Å². The molecule has 0 saturated heterocycles. The molecule has 0 spiro atoms. The van der Waals surface area contributed by atoms with Crippen molar-refractivity contribution in [3.05, 3.63) is 47.5 Å². The normalized spacial score (nSPS) is 10.8. The van der Waals surface area contributed by atoms with Gasteiger partial charge in [-0.25, -0.2) is 0 Å². The average molecular weight is 324 g/mol. The van der Waals surface area contributed by atoms with Crippen LogP contribution in [0.1, 0.15) is 23.4 Å². The standard InChI is InChI=1S/C17H20N6O/c1-11-14(12(2)23(3)22-11)4-5-17(24)19-16-10-15(20-21-16)13-6-8-18-9-7-13/h6-10H,4-5H2,1-3H3,(H2,19,20,21,24). The second-order valence-corrected chi connectivity index (χ2v) is 5.72. The summed E-state index contributed by atoms with van der Waals surface area (Å²) >= 11 is 0. The van der Waals surface area contributed by atoms with Gasteiger partial charge < -0.3 is 5.32 Å². The Morgan fingerprint density at radius 3 is 2.71 bits per heavy atom. The highest BCUT2D eigenvalue weighted by atomic mass is 16.1. The maximum atomic E-state index is 12.2. The number of carbonyl (C=O) groups excluding carboxylic acids is 1. The highest BCUT2D eigenvalue weighted by Gasteiger charge is 2.12. The van der Waals surface area contributed by atoms with E-state index in [0.717, 1.165) is 28.2 Å². The first-order valence-electron chi connectivity index (χ1n) is 7.79. The predicted octanol–water partition coefficient (Wildman–Crippen LogP) is 2.39. The van der Waals surface area contributed by atoms with Crippen molar-refractivity contribution < 1.29 is 4.79 Å². The van der Waals surface area contributed by atoms with Crippen molar-refractivity contribution >= 4 is 11.7 Å². The summed E-state index contributed by atoms with van der Waals surface area (Å²) in [6.07, 6.45) is 4.49. The van der Waals surface area contributed by atoms with E-state index in [1.54, 1.807) is 12.4 Å². The molecule has 0 bridgehead atoms. The van der Waals surface area contributed by atoms with Crippen molar-refractivity contribution in [2.45, 2.75) is 26.7 Å². The van der Waals surface area contributed by atoms with Crippen LogP contribution in [0.2, 0.25) is 0 Å². The first-order valence-corrected chi connectivity index (χ1v) is 7.79. The number of nitrogens with one attached hydrogen (secondary N) is 2. The minimum atomic E-state index is -0.0644. The second kappa shape index (κ2) is 6.66. The van der Waals surface area contributed by atoms with Crippen LogP contribution in [0.5, 0.6) is 0 Å². The van der Waals surface area contributed by atoms with Gasteiger partial charge in [0, 0.05) is 43.2 Å². The Hall–Kier alpha value is -2.96. The molecule has 1 amide bonds. The highest BCUT2D eigenvalue weighted by Crippen LogP contribution is 2.19. The minimum Gasteiger partial charge on any atom is -0.309 e.